The zero-order valence-corrected chi connectivity index (χ0v) is 12.5. The van der Waals surface area contributed by atoms with Gasteiger partial charge in [0.25, 0.3) is 0 Å². The van der Waals surface area contributed by atoms with Crippen molar-refractivity contribution < 1.29 is 17.9 Å². The first-order valence-corrected chi connectivity index (χ1v) is 7.44. The van der Waals surface area contributed by atoms with Crippen LogP contribution in [0.15, 0.2) is 12.1 Å². The van der Waals surface area contributed by atoms with Crippen LogP contribution in [-0.2, 0) is 5.33 Å². The van der Waals surface area contributed by atoms with E-state index < -0.39 is 5.51 Å². The molecular formula is C12H14BrF3OS. The molecule has 0 N–H and O–H groups in total. The van der Waals surface area contributed by atoms with Crippen molar-refractivity contribution in [2.75, 3.05) is 12.4 Å². The second-order valence-corrected chi connectivity index (χ2v) is 5.56. The maximum absolute atomic E-state index is 11.9. The van der Waals surface area contributed by atoms with E-state index in [1.165, 1.54) is 0 Å². The highest BCUT2D eigenvalue weighted by atomic mass is 79.9. The fourth-order valence-corrected chi connectivity index (χ4v) is 2.37. The van der Waals surface area contributed by atoms with Gasteiger partial charge in [0.15, 0.2) is 0 Å². The summed E-state index contributed by atoms with van der Waals surface area (Å²) in [4.78, 5) is 0. The third-order valence-corrected chi connectivity index (χ3v) is 3.62. The van der Waals surface area contributed by atoms with E-state index in [9.17, 15) is 13.2 Å². The van der Waals surface area contributed by atoms with Gasteiger partial charge in [-0.15, -0.1) is 0 Å². The van der Waals surface area contributed by atoms with Crippen LogP contribution in [0.25, 0.3) is 0 Å². The predicted molar refractivity (Wildman–Crippen MR) is 72.6 cm³/mol. The SMILES string of the molecule is Cc1cc(CBr)cc(C)c1OCCSC(F)(F)F. The van der Waals surface area contributed by atoms with Crippen LogP contribution in [0.3, 0.4) is 0 Å². The molecule has 1 aromatic carbocycles. The van der Waals surface area contributed by atoms with Gasteiger partial charge in [0.2, 0.25) is 0 Å². The van der Waals surface area contributed by atoms with E-state index in [2.05, 4.69) is 15.9 Å². The average Bonchev–Trinajstić information content (AvgIpc) is 2.25. The first kappa shape index (κ1) is 15.7. The minimum atomic E-state index is -4.19. The highest BCUT2D eigenvalue weighted by molar-refractivity contribution is 9.08. The molecule has 1 nitrogen and oxygen atoms in total. The van der Waals surface area contributed by atoms with Gasteiger partial charge in [-0.3, -0.25) is 0 Å². The molecule has 0 fully saturated rings. The molecule has 1 rings (SSSR count). The summed E-state index contributed by atoms with van der Waals surface area (Å²) in [6.45, 7) is 3.84. The molecule has 6 heteroatoms. The van der Waals surface area contributed by atoms with E-state index >= 15 is 0 Å². The van der Waals surface area contributed by atoms with Gasteiger partial charge in [0, 0.05) is 11.1 Å². The molecule has 0 unspecified atom stereocenters. The summed E-state index contributed by atoms with van der Waals surface area (Å²) < 4.78 is 41.2. The number of thioether (sulfide) groups is 1. The Bertz CT molecular complexity index is 384. The van der Waals surface area contributed by atoms with Crippen LogP contribution in [0, 0.1) is 13.8 Å². The predicted octanol–water partition coefficient (Wildman–Crippen LogP) is 4.83. The van der Waals surface area contributed by atoms with Crippen molar-refractivity contribution in [3.8, 4) is 5.75 Å². The van der Waals surface area contributed by atoms with Gasteiger partial charge in [-0.2, -0.15) is 13.2 Å². The Labute approximate surface area is 117 Å². The second-order valence-electron chi connectivity index (χ2n) is 3.84. The Morgan fingerprint density at radius 2 is 1.78 bits per heavy atom. The molecule has 0 amide bonds. The number of aryl methyl sites for hydroxylation is 2. The smallest absolute Gasteiger partial charge is 0.441 e. The first-order chi connectivity index (χ1) is 8.33. The summed E-state index contributed by atoms with van der Waals surface area (Å²) in [5.41, 5.74) is -1.17. The molecule has 0 aliphatic carbocycles. The number of halogens is 4. The summed E-state index contributed by atoms with van der Waals surface area (Å²) in [6.07, 6.45) is 0. The summed E-state index contributed by atoms with van der Waals surface area (Å²) in [5, 5.41) is 0.749. The van der Waals surface area contributed by atoms with Gasteiger partial charge < -0.3 is 4.74 Å². The molecule has 0 aromatic heterocycles. The number of benzene rings is 1. The molecule has 0 aliphatic rings. The minimum absolute atomic E-state index is 0.0551. The molecule has 0 saturated carbocycles. The van der Waals surface area contributed by atoms with Crippen molar-refractivity contribution in [3.05, 3.63) is 28.8 Å². The Hall–Kier alpha value is -0.360. The number of ether oxygens (including phenoxy) is 1. The summed E-state index contributed by atoms with van der Waals surface area (Å²) in [6, 6.07) is 3.93. The lowest BCUT2D eigenvalue weighted by Gasteiger charge is -2.13. The van der Waals surface area contributed by atoms with Crippen molar-refractivity contribution in [2.24, 2.45) is 0 Å². The molecule has 1 aromatic rings. The molecule has 18 heavy (non-hydrogen) atoms. The maximum atomic E-state index is 11.9. The second kappa shape index (κ2) is 6.70. The number of hydrogen-bond acceptors (Lipinski definition) is 2. The van der Waals surface area contributed by atoms with Crippen LogP contribution in [-0.4, -0.2) is 17.9 Å². The first-order valence-electron chi connectivity index (χ1n) is 5.33. The van der Waals surface area contributed by atoms with Crippen LogP contribution in [0.5, 0.6) is 5.75 Å². The van der Waals surface area contributed by atoms with Crippen molar-refractivity contribution in [1.29, 1.82) is 0 Å². The number of hydrogen-bond donors (Lipinski definition) is 0. The van der Waals surface area contributed by atoms with E-state index in [1.54, 1.807) is 0 Å². The lowest BCUT2D eigenvalue weighted by molar-refractivity contribution is -0.0329. The van der Waals surface area contributed by atoms with E-state index in [1.807, 2.05) is 26.0 Å². The standard InChI is InChI=1S/C12H14BrF3OS/c1-8-5-10(7-13)6-9(2)11(8)17-3-4-18-12(14,15)16/h5-6H,3-4,7H2,1-2H3. The molecule has 0 radical (unpaired) electrons. The molecule has 0 aliphatic heterocycles. The Morgan fingerprint density at radius 3 is 2.22 bits per heavy atom. The Morgan fingerprint density at radius 1 is 1.22 bits per heavy atom. The zero-order chi connectivity index (χ0) is 13.8. The molecule has 0 saturated heterocycles. The van der Waals surface area contributed by atoms with Crippen molar-refractivity contribution in [2.45, 2.75) is 24.7 Å². The topological polar surface area (TPSA) is 9.23 Å². The molecule has 0 bridgehead atoms. The third-order valence-electron chi connectivity index (χ3n) is 2.27. The largest absolute Gasteiger partial charge is 0.492 e. The zero-order valence-electron chi connectivity index (χ0n) is 10.1. The quantitative estimate of drug-likeness (QED) is 0.559. The van der Waals surface area contributed by atoms with Gasteiger partial charge in [0.05, 0.1) is 6.61 Å². The van der Waals surface area contributed by atoms with E-state index in [0.29, 0.717) is 5.75 Å². The van der Waals surface area contributed by atoms with Crippen LogP contribution < -0.4 is 4.74 Å². The van der Waals surface area contributed by atoms with Crippen molar-refractivity contribution >= 4 is 27.7 Å². The van der Waals surface area contributed by atoms with Gasteiger partial charge in [-0.1, -0.05) is 28.1 Å². The highest BCUT2D eigenvalue weighted by Gasteiger charge is 2.27. The molecule has 0 spiro atoms. The number of alkyl halides is 4. The Kier molecular flexibility index (Phi) is 5.85. The van der Waals surface area contributed by atoms with Gasteiger partial charge >= 0.3 is 5.51 Å². The van der Waals surface area contributed by atoms with Crippen molar-refractivity contribution in [3.63, 3.8) is 0 Å². The minimum Gasteiger partial charge on any atom is -0.492 e. The molecule has 102 valence electrons. The lowest BCUT2D eigenvalue weighted by atomic mass is 10.1. The maximum Gasteiger partial charge on any atom is 0.441 e. The molecule has 0 atom stereocenters. The van der Waals surface area contributed by atoms with Crippen LogP contribution in [0.4, 0.5) is 13.2 Å². The summed E-state index contributed by atoms with van der Waals surface area (Å²) >= 11 is 3.31. The summed E-state index contributed by atoms with van der Waals surface area (Å²) in [5.74, 6) is 0.588. The lowest BCUT2D eigenvalue weighted by Crippen LogP contribution is -2.08. The van der Waals surface area contributed by atoms with Crippen LogP contribution >= 0.6 is 27.7 Å². The van der Waals surface area contributed by atoms with Gasteiger partial charge in [0.1, 0.15) is 5.75 Å². The van der Waals surface area contributed by atoms with E-state index in [0.717, 1.165) is 22.0 Å². The van der Waals surface area contributed by atoms with Crippen LogP contribution in [0.1, 0.15) is 16.7 Å². The third kappa shape index (κ3) is 5.10. The average molecular weight is 343 g/mol. The van der Waals surface area contributed by atoms with Gasteiger partial charge in [-0.05, 0) is 42.3 Å². The fraction of sp³-hybridized carbons (Fsp3) is 0.500. The highest BCUT2D eigenvalue weighted by Crippen LogP contribution is 2.30. The van der Waals surface area contributed by atoms with E-state index in [-0.39, 0.29) is 24.1 Å². The van der Waals surface area contributed by atoms with Crippen LogP contribution in [0.2, 0.25) is 0 Å². The fourth-order valence-electron chi connectivity index (χ4n) is 1.65. The van der Waals surface area contributed by atoms with E-state index in [4.69, 9.17) is 4.74 Å². The molecular weight excluding hydrogens is 329 g/mol. The van der Waals surface area contributed by atoms with Crippen molar-refractivity contribution in [1.82, 2.24) is 0 Å². The Balaban J connectivity index is 2.57. The number of rotatable bonds is 5. The molecule has 0 heterocycles. The van der Waals surface area contributed by atoms with Gasteiger partial charge in [-0.25, -0.2) is 0 Å². The normalized spacial score (nSPS) is 11.7. The summed E-state index contributed by atoms with van der Waals surface area (Å²) in [7, 11) is 0. The monoisotopic (exact) mass is 342 g/mol.